The number of fused-ring (bicyclic) bond motifs is 1. The van der Waals surface area contributed by atoms with Gasteiger partial charge in [0.05, 0.1) is 15.2 Å². The first-order valence-corrected chi connectivity index (χ1v) is 8.60. The van der Waals surface area contributed by atoms with Crippen molar-refractivity contribution >= 4 is 33.3 Å². The molecule has 0 aliphatic carbocycles. The molecule has 0 radical (unpaired) electrons. The average molecular weight is 325 g/mol. The summed E-state index contributed by atoms with van der Waals surface area (Å²) in [6.45, 7) is 1.94. The molecule has 0 aliphatic rings. The van der Waals surface area contributed by atoms with Gasteiger partial charge >= 0.3 is 0 Å². The molecule has 3 aromatic rings. The second kappa shape index (κ2) is 7.33. The Morgan fingerprint density at radius 2 is 2.04 bits per heavy atom. The number of para-hydroxylation sites is 1. The Hall–Kier alpha value is -2.27. The number of hydrogen-bond acceptors (Lipinski definition) is 4. The lowest BCUT2D eigenvalue weighted by Crippen LogP contribution is -2.13. The largest absolute Gasteiger partial charge is 0.310 e. The van der Waals surface area contributed by atoms with Gasteiger partial charge < -0.3 is 5.32 Å². The van der Waals surface area contributed by atoms with Gasteiger partial charge in [0.1, 0.15) is 5.82 Å². The predicted octanol–water partition coefficient (Wildman–Crippen LogP) is 4.35. The third-order valence-electron chi connectivity index (χ3n) is 3.65. The Balaban J connectivity index is 1.44. The van der Waals surface area contributed by atoms with Crippen molar-refractivity contribution in [3.05, 3.63) is 53.2 Å². The van der Waals surface area contributed by atoms with Crippen molar-refractivity contribution in [2.45, 2.75) is 32.6 Å². The van der Waals surface area contributed by atoms with Crippen LogP contribution in [-0.2, 0) is 11.2 Å². The number of carbonyl (C=O) groups excluding carboxylic acids is 1. The topological polar surface area (TPSA) is 54.9 Å². The SMILES string of the molecule is Cc1cccnc1NC(=O)CCCCc1nc2ccccc2s1. The van der Waals surface area contributed by atoms with Gasteiger partial charge in [0.25, 0.3) is 0 Å². The van der Waals surface area contributed by atoms with Crippen molar-refractivity contribution in [2.24, 2.45) is 0 Å². The Labute approximate surface area is 139 Å². The molecule has 0 bridgehead atoms. The van der Waals surface area contributed by atoms with E-state index in [1.807, 2.05) is 37.3 Å². The van der Waals surface area contributed by atoms with Crippen molar-refractivity contribution in [2.75, 3.05) is 5.32 Å². The van der Waals surface area contributed by atoms with E-state index in [1.54, 1.807) is 17.5 Å². The maximum atomic E-state index is 12.0. The first-order valence-electron chi connectivity index (χ1n) is 7.78. The first kappa shape index (κ1) is 15.6. The highest BCUT2D eigenvalue weighted by Crippen LogP contribution is 2.23. The second-order valence-electron chi connectivity index (χ2n) is 5.50. The molecule has 1 aromatic carbocycles. The van der Waals surface area contributed by atoms with Crippen LogP contribution in [0.15, 0.2) is 42.6 Å². The summed E-state index contributed by atoms with van der Waals surface area (Å²) in [6.07, 6.45) is 4.95. The maximum Gasteiger partial charge on any atom is 0.225 e. The van der Waals surface area contributed by atoms with Gasteiger partial charge in [-0.3, -0.25) is 4.79 Å². The van der Waals surface area contributed by atoms with Crippen molar-refractivity contribution in [3.8, 4) is 0 Å². The zero-order valence-corrected chi connectivity index (χ0v) is 13.9. The van der Waals surface area contributed by atoms with E-state index in [2.05, 4.69) is 21.4 Å². The van der Waals surface area contributed by atoms with Gasteiger partial charge in [-0.1, -0.05) is 18.2 Å². The van der Waals surface area contributed by atoms with E-state index in [0.29, 0.717) is 12.2 Å². The van der Waals surface area contributed by atoms with Gasteiger partial charge in [-0.2, -0.15) is 0 Å². The molecule has 0 saturated carbocycles. The van der Waals surface area contributed by atoms with Crippen LogP contribution in [0.4, 0.5) is 5.82 Å². The molecule has 0 unspecified atom stereocenters. The van der Waals surface area contributed by atoms with E-state index in [0.717, 1.165) is 35.4 Å². The summed E-state index contributed by atoms with van der Waals surface area (Å²) in [4.78, 5) is 20.7. The van der Waals surface area contributed by atoms with E-state index in [4.69, 9.17) is 0 Å². The molecule has 0 spiro atoms. The fourth-order valence-electron chi connectivity index (χ4n) is 2.40. The second-order valence-corrected chi connectivity index (χ2v) is 6.61. The summed E-state index contributed by atoms with van der Waals surface area (Å²) < 4.78 is 1.23. The quantitative estimate of drug-likeness (QED) is 0.685. The minimum absolute atomic E-state index is 0.0242. The van der Waals surface area contributed by atoms with Crippen molar-refractivity contribution in [3.63, 3.8) is 0 Å². The minimum Gasteiger partial charge on any atom is -0.310 e. The summed E-state index contributed by atoms with van der Waals surface area (Å²) in [5.74, 6) is 0.680. The summed E-state index contributed by atoms with van der Waals surface area (Å²) in [7, 11) is 0. The molecule has 118 valence electrons. The predicted molar refractivity (Wildman–Crippen MR) is 94.8 cm³/mol. The van der Waals surface area contributed by atoms with Crippen LogP contribution in [0, 0.1) is 6.92 Å². The third-order valence-corrected chi connectivity index (χ3v) is 4.75. The van der Waals surface area contributed by atoms with Crippen LogP contribution < -0.4 is 5.32 Å². The summed E-state index contributed by atoms with van der Waals surface area (Å²) >= 11 is 1.74. The van der Waals surface area contributed by atoms with Crippen LogP contribution in [0.2, 0.25) is 0 Å². The molecule has 23 heavy (non-hydrogen) atoms. The number of pyridine rings is 1. The van der Waals surface area contributed by atoms with Crippen molar-refractivity contribution < 1.29 is 4.79 Å². The van der Waals surface area contributed by atoms with E-state index in [9.17, 15) is 4.79 Å². The Morgan fingerprint density at radius 1 is 1.17 bits per heavy atom. The van der Waals surface area contributed by atoms with Crippen LogP contribution in [0.5, 0.6) is 0 Å². The van der Waals surface area contributed by atoms with Gasteiger partial charge in [0.15, 0.2) is 0 Å². The molecule has 3 rings (SSSR count). The number of anilines is 1. The number of amides is 1. The average Bonchev–Trinajstić information content (AvgIpc) is 2.96. The standard InChI is InChI=1S/C18H19N3OS/c1-13-7-6-12-19-18(13)21-16(22)10-4-5-11-17-20-14-8-2-3-9-15(14)23-17/h2-3,6-9,12H,4-5,10-11H2,1H3,(H,19,21,22). The van der Waals surface area contributed by atoms with E-state index >= 15 is 0 Å². The molecule has 4 nitrogen and oxygen atoms in total. The zero-order valence-electron chi connectivity index (χ0n) is 13.1. The summed E-state index contributed by atoms with van der Waals surface area (Å²) in [5, 5.41) is 4.01. The number of hydrogen-bond donors (Lipinski definition) is 1. The number of nitrogens with one attached hydrogen (secondary N) is 1. The fourth-order valence-corrected chi connectivity index (χ4v) is 3.41. The first-order chi connectivity index (χ1) is 11.2. The number of nitrogens with zero attached hydrogens (tertiary/aromatic N) is 2. The zero-order chi connectivity index (χ0) is 16.1. The number of unbranched alkanes of at least 4 members (excludes halogenated alkanes) is 1. The lowest BCUT2D eigenvalue weighted by molar-refractivity contribution is -0.116. The molecule has 1 N–H and O–H groups in total. The molecule has 2 heterocycles. The van der Waals surface area contributed by atoms with Crippen LogP contribution in [0.25, 0.3) is 10.2 Å². The van der Waals surface area contributed by atoms with Gasteiger partial charge in [0.2, 0.25) is 5.91 Å². The fraction of sp³-hybridized carbons (Fsp3) is 0.278. The molecule has 5 heteroatoms. The van der Waals surface area contributed by atoms with Gasteiger partial charge in [0, 0.05) is 12.6 Å². The summed E-state index contributed by atoms with van der Waals surface area (Å²) in [5.41, 5.74) is 2.05. The Kier molecular flexibility index (Phi) is 4.98. The molecular formula is C18H19N3OS. The number of aryl methyl sites for hydroxylation is 2. The number of aromatic nitrogens is 2. The lowest BCUT2D eigenvalue weighted by atomic mass is 10.2. The smallest absolute Gasteiger partial charge is 0.225 e. The molecule has 0 aliphatic heterocycles. The number of carbonyl (C=O) groups is 1. The minimum atomic E-state index is 0.0242. The highest BCUT2D eigenvalue weighted by atomic mass is 32.1. The molecule has 0 atom stereocenters. The van der Waals surface area contributed by atoms with E-state index in [1.165, 1.54) is 4.70 Å². The third kappa shape index (κ3) is 4.13. The summed E-state index contributed by atoms with van der Waals surface area (Å²) in [6, 6.07) is 12.0. The molecule has 1 amide bonds. The van der Waals surface area contributed by atoms with Crippen LogP contribution >= 0.6 is 11.3 Å². The van der Waals surface area contributed by atoms with Crippen molar-refractivity contribution in [1.29, 1.82) is 0 Å². The molecule has 0 fully saturated rings. The van der Waals surface area contributed by atoms with Crippen molar-refractivity contribution in [1.82, 2.24) is 9.97 Å². The Bertz CT molecular complexity index is 780. The lowest BCUT2D eigenvalue weighted by Gasteiger charge is -2.06. The van der Waals surface area contributed by atoms with Gasteiger partial charge in [-0.15, -0.1) is 11.3 Å². The number of rotatable bonds is 6. The molecular weight excluding hydrogens is 306 g/mol. The van der Waals surface area contributed by atoms with Gasteiger partial charge in [-0.25, -0.2) is 9.97 Å². The highest BCUT2D eigenvalue weighted by Gasteiger charge is 2.07. The van der Waals surface area contributed by atoms with E-state index < -0.39 is 0 Å². The molecule has 0 saturated heterocycles. The molecule has 2 aromatic heterocycles. The maximum absolute atomic E-state index is 12.0. The van der Waals surface area contributed by atoms with Gasteiger partial charge in [-0.05, 0) is 49.9 Å². The normalized spacial score (nSPS) is 10.8. The Morgan fingerprint density at radius 3 is 2.87 bits per heavy atom. The van der Waals surface area contributed by atoms with Crippen LogP contribution in [0.1, 0.15) is 29.8 Å². The monoisotopic (exact) mass is 325 g/mol. The number of thiazole rings is 1. The highest BCUT2D eigenvalue weighted by molar-refractivity contribution is 7.18. The number of benzene rings is 1. The van der Waals surface area contributed by atoms with E-state index in [-0.39, 0.29) is 5.91 Å². The van der Waals surface area contributed by atoms with Crippen LogP contribution in [0.3, 0.4) is 0 Å². The van der Waals surface area contributed by atoms with Crippen LogP contribution in [-0.4, -0.2) is 15.9 Å².